The summed E-state index contributed by atoms with van der Waals surface area (Å²) in [6.45, 7) is 2.14. The molecule has 3 heteroatoms. The fourth-order valence-electron chi connectivity index (χ4n) is 1.45. The predicted octanol–water partition coefficient (Wildman–Crippen LogP) is 4.84. The van der Waals surface area contributed by atoms with Crippen LogP contribution < -0.4 is 0 Å². The van der Waals surface area contributed by atoms with Crippen molar-refractivity contribution in [1.29, 1.82) is 0 Å². The molecule has 0 aliphatic rings. The molecule has 0 spiro atoms. The van der Waals surface area contributed by atoms with Gasteiger partial charge in [0.05, 0.1) is 4.21 Å². The third kappa shape index (κ3) is 1.79. The fourth-order valence-corrected chi connectivity index (χ4v) is 3.44. The third-order valence-corrected chi connectivity index (χ3v) is 4.76. The van der Waals surface area contributed by atoms with Crippen LogP contribution in [0.5, 0.6) is 0 Å². The molecule has 1 aromatic heterocycles. The van der Waals surface area contributed by atoms with Gasteiger partial charge in [-0.25, -0.2) is 0 Å². The van der Waals surface area contributed by atoms with E-state index < -0.39 is 0 Å². The lowest BCUT2D eigenvalue weighted by atomic mass is 10.1. The van der Waals surface area contributed by atoms with Crippen molar-refractivity contribution in [2.24, 2.45) is 0 Å². The van der Waals surface area contributed by atoms with E-state index in [9.17, 15) is 0 Å². The maximum Gasteiger partial charge on any atom is 0.0608 e. The molecular weight excluding hydrogens is 232 g/mol. The van der Waals surface area contributed by atoms with E-state index in [1.807, 2.05) is 11.3 Å². The molecule has 0 nitrogen and oxygen atoms in total. The molecule has 0 amide bonds. The maximum atomic E-state index is 6.15. The number of fused-ring (bicyclic) bond motifs is 1. The Morgan fingerprint density at radius 3 is 2.79 bits per heavy atom. The van der Waals surface area contributed by atoms with E-state index in [0.717, 1.165) is 11.4 Å². The zero-order chi connectivity index (χ0) is 10.1. The van der Waals surface area contributed by atoms with Gasteiger partial charge in [-0.05, 0) is 41.8 Å². The van der Waals surface area contributed by atoms with Crippen molar-refractivity contribution in [3.8, 4) is 0 Å². The van der Waals surface area contributed by atoms with E-state index in [1.54, 1.807) is 11.8 Å². The minimum absolute atomic E-state index is 0.894. The lowest BCUT2D eigenvalue weighted by Gasteiger charge is -1.99. The smallest absolute Gasteiger partial charge is 0.0608 e. The van der Waals surface area contributed by atoms with E-state index in [1.165, 1.54) is 19.9 Å². The van der Waals surface area contributed by atoms with Gasteiger partial charge in [-0.1, -0.05) is 18.5 Å². The molecule has 74 valence electrons. The first kappa shape index (κ1) is 10.3. The van der Waals surface area contributed by atoms with Crippen molar-refractivity contribution < 1.29 is 0 Å². The Bertz CT molecular complexity index is 460. The highest BCUT2D eigenvalue weighted by Gasteiger charge is 2.05. The molecule has 14 heavy (non-hydrogen) atoms. The van der Waals surface area contributed by atoms with Crippen molar-refractivity contribution in [2.45, 2.75) is 17.6 Å². The van der Waals surface area contributed by atoms with Crippen LogP contribution in [-0.4, -0.2) is 6.26 Å². The Labute approximate surface area is 97.3 Å². The number of thioether (sulfide) groups is 1. The third-order valence-electron chi connectivity index (χ3n) is 2.24. The Kier molecular flexibility index (Phi) is 3.05. The number of aryl methyl sites for hydroxylation is 1. The molecule has 0 N–H and O–H groups in total. The SMILES string of the molecule is CCc1cc2sc(SC)cc2cc1Cl. The molecule has 0 aliphatic carbocycles. The first-order valence-corrected chi connectivity index (χ1v) is 6.92. The lowest BCUT2D eigenvalue weighted by Crippen LogP contribution is -1.80. The predicted molar refractivity (Wildman–Crippen MR) is 68.0 cm³/mol. The van der Waals surface area contributed by atoms with Crippen molar-refractivity contribution in [1.82, 2.24) is 0 Å². The average Bonchev–Trinajstić information content (AvgIpc) is 2.58. The second-order valence-electron chi connectivity index (χ2n) is 3.10. The zero-order valence-electron chi connectivity index (χ0n) is 8.13. The maximum absolute atomic E-state index is 6.15. The van der Waals surface area contributed by atoms with Crippen molar-refractivity contribution in [3.63, 3.8) is 0 Å². The van der Waals surface area contributed by atoms with Gasteiger partial charge >= 0.3 is 0 Å². The van der Waals surface area contributed by atoms with Gasteiger partial charge in [-0.15, -0.1) is 23.1 Å². The molecule has 0 atom stereocenters. The fraction of sp³-hybridized carbons (Fsp3) is 0.273. The standard InChI is InChI=1S/C11H11ClS2/c1-3-7-5-10-8(4-9(7)12)6-11(13-2)14-10/h4-6H,3H2,1-2H3. The molecule has 0 saturated heterocycles. The summed E-state index contributed by atoms with van der Waals surface area (Å²) in [4.78, 5) is 0. The summed E-state index contributed by atoms with van der Waals surface area (Å²) in [5, 5.41) is 2.16. The monoisotopic (exact) mass is 242 g/mol. The van der Waals surface area contributed by atoms with Crippen LogP contribution in [0.15, 0.2) is 22.4 Å². The summed E-state index contributed by atoms with van der Waals surface area (Å²) < 4.78 is 2.69. The van der Waals surface area contributed by atoms with Crippen LogP contribution >= 0.6 is 34.7 Å². The normalized spacial score (nSPS) is 11.1. The van der Waals surface area contributed by atoms with Crippen LogP contribution in [0.25, 0.3) is 10.1 Å². The lowest BCUT2D eigenvalue weighted by molar-refractivity contribution is 1.15. The van der Waals surface area contributed by atoms with Crippen molar-refractivity contribution in [3.05, 3.63) is 28.8 Å². The zero-order valence-corrected chi connectivity index (χ0v) is 10.5. The van der Waals surface area contributed by atoms with E-state index in [0.29, 0.717) is 0 Å². The molecule has 0 bridgehead atoms. The van der Waals surface area contributed by atoms with Crippen LogP contribution in [0.3, 0.4) is 0 Å². The van der Waals surface area contributed by atoms with Gasteiger partial charge in [0.1, 0.15) is 0 Å². The van der Waals surface area contributed by atoms with Gasteiger partial charge in [0.15, 0.2) is 0 Å². The molecule has 2 aromatic rings. The Morgan fingerprint density at radius 2 is 2.14 bits per heavy atom. The van der Waals surface area contributed by atoms with E-state index in [2.05, 4.69) is 31.4 Å². The molecule has 0 fully saturated rings. The minimum Gasteiger partial charge on any atom is -0.129 e. The van der Waals surface area contributed by atoms with Gasteiger partial charge in [-0.2, -0.15) is 0 Å². The van der Waals surface area contributed by atoms with E-state index in [4.69, 9.17) is 11.6 Å². The number of benzene rings is 1. The first-order chi connectivity index (χ1) is 6.74. The highest BCUT2D eigenvalue weighted by molar-refractivity contribution is 8.00. The summed E-state index contributed by atoms with van der Waals surface area (Å²) in [6, 6.07) is 6.49. The topological polar surface area (TPSA) is 0 Å². The van der Waals surface area contributed by atoms with Gasteiger partial charge in [0, 0.05) is 9.72 Å². The second kappa shape index (κ2) is 4.13. The molecule has 1 heterocycles. The number of halogens is 1. The summed E-state index contributed by atoms with van der Waals surface area (Å²) in [5.74, 6) is 0. The summed E-state index contributed by atoms with van der Waals surface area (Å²) in [5.41, 5.74) is 1.24. The largest absolute Gasteiger partial charge is 0.129 e. The summed E-state index contributed by atoms with van der Waals surface area (Å²) in [6.07, 6.45) is 3.11. The number of hydrogen-bond acceptors (Lipinski definition) is 2. The van der Waals surface area contributed by atoms with Crippen molar-refractivity contribution in [2.75, 3.05) is 6.26 Å². The average molecular weight is 243 g/mol. The molecule has 0 radical (unpaired) electrons. The Hall–Kier alpha value is -0.180. The number of hydrogen-bond donors (Lipinski definition) is 0. The molecule has 1 aromatic carbocycles. The van der Waals surface area contributed by atoms with Crippen LogP contribution in [0.1, 0.15) is 12.5 Å². The first-order valence-electron chi connectivity index (χ1n) is 4.50. The highest BCUT2D eigenvalue weighted by Crippen LogP contribution is 2.34. The minimum atomic E-state index is 0.894. The van der Waals surface area contributed by atoms with Gasteiger partial charge in [-0.3, -0.25) is 0 Å². The van der Waals surface area contributed by atoms with Crippen LogP contribution in [0, 0.1) is 0 Å². The molecule has 0 saturated carbocycles. The van der Waals surface area contributed by atoms with Crippen LogP contribution in [0.2, 0.25) is 5.02 Å². The number of thiophene rings is 1. The summed E-state index contributed by atoms with van der Waals surface area (Å²) in [7, 11) is 0. The highest BCUT2D eigenvalue weighted by atomic mass is 35.5. The second-order valence-corrected chi connectivity index (χ2v) is 5.70. The van der Waals surface area contributed by atoms with E-state index >= 15 is 0 Å². The summed E-state index contributed by atoms with van der Waals surface area (Å²) >= 11 is 9.78. The van der Waals surface area contributed by atoms with Crippen molar-refractivity contribution >= 4 is 44.8 Å². The molecule has 0 aliphatic heterocycles. The Morgan fingerprint density at radius 1 is 1.36 bits per heavy atom. The number of rotatable bonds is 2. The van der Waals surface area contributed by atoms with E-state index in [-0.39, 0.29) is 0 Å². The van der Waals surface area contributed by atoms with Gasteiger partial charge in [0.25, 0.3) is 0 Å². The molecular formula is C11H11ClS2. The van der Waals surface area contributed by atoms with Crippen LogP contribution in [-0.2, 0) is 6.42 Å². The van der Waals surface area contributed by atoms with Gasteiger partial charge in [0.2, 0.25) is 0 Å². The molecule has 2 rings (SSSR count). The van der Waals surface area contributed by atoms with Gasteiger partial charge < -0.3 is 0 Å². The van der Waals surface area contributed by atoms with Crippen LogP contribution in [0.4, 0.5) is 0 Å². The Balaban J connectivity index is 2.64. The molecule has 0 unspecified atom stereocenters. The quantitative estimate of drug-likeness (QED) is 0.679.